The molecule has 0 amide bonds. The Hall–Kier alpha value is 3.49. The summed E-state index contributed by atoms with van der Waals surface area (Å²) < 4.78 is 17.8. The molecule has 0 aliphatic rings. The second-order valence-corrected chi connectivity index (χ2v) is 3.08. The van der Waals surface area contributed by atoms with Crippen molar-refractivity contribution >= 4 is 15.6 Å². The molecule has 68 valence electrons. The van der Waals surface area contributed by atoms with Crippen LogP contribution in [0.25, 0.3) is 0 Å². The van der Waals surface area contributed by atoms with Crippen LogP contribution in [0.1, 0.15) is 2.85 Å². The summed E-state index contributed by atoms with van der Waals surface area (Å²) >= 11 is 0. The molecule has 0 rings (SSSR count). The molecule has 0 aromatic rings. The standard InChI is InChI=1S/2K.2H3O4P.2H/c;;2*1-5(2,3)4;;/h;;2*(H3,1,2,3,4);;/q2*+1;;;2*-1. The van der Waals surface area contributed by atoms with E-state index in [-0.39, 0.29) is 106 Å². The minimum absolute atomic E-state index is 0. The van der Waals surface area contributed by atoms with Crippen molar-refractivity contribution in [1.82, 2.24) is 0 Å². The third kappa shape index (κ3) is 173. The third-order valence-electron chi connectivity index (χ3n) is 0. The minimum atomic E-state index is -4.64. The van der Waals surface area contributed by atoms with Gasteiger partial charge in [0, 0.05) is 0 Å². The summed E-state index contributed by atoms with van der Waals surface area (Å²) in [4.78, 5) is 43.1. The maximum absolute atomic E-state index is 8.88. The van der Waals surface area contributed by atoms with Crippen molar-refractivity contribution in [3.63, 3.8) is 0 Å². The third-order valence-corrected chi connectivity index (χ3v) is 0. The molecule has 0 radical (unpaired) electrons. The first-order chi connectivity index (χ1) is 4.00. The largest absolute Gasteiger partial charge is 1.00 e. The maximum Gasteiger partial charge on any atom is 1.00 e. The Morgan fingerprint density at radius 2 is 0.667 bits per heavy atom. The van der Waals surface area contributed by atoms with Gasteiger partial charge in [-0.05, 0) is 0 Å². The number of phosphoric acid groups is 2. The van der Waals surface area contributed by atoms with Crippen LogP contribution in [0, 0.1) is 0 Å². The Balaban J connectivity index is -0.0000000178. The molecular formula is H8K2O8P2. The second-order valence-electron chi connectivity index (χ2n) is 1.03. The SMILES string of the molecule is O=P(O)(O)O.O=P(O)(O)O.[H-].[H-].[K+].[K+]. The topological polar surface area (TPSA) is 156 Å². The van der Waals surface area contributed by atoms with E-state index in [0.29, 0.717) is 0 Å². The number of hydrogen-bond donors (Lipinski definition) is 6. The molecule has 0 saturated heterocycles. The van der Waals surface area contributed by atoms with E-state index >= 15 is 0 Å². The van der Waals surface area contributed by atoms with Crippen LogP contribution < -0.4 is 103 Å². The Bertz CT molecular complexity index is 136. The van der Waals surface area contributed by atoms with Crippen molar-refractivity contribution in [3.8, 4) is 0 Å². The predicted octanol–water partition coefficient (Wildman–Crippen LogP) is -7.62. The van der Waals surface area contributed by atoms with Crippen LogP contribution >= 0.6 is 15.6 Å². The van der Waals surface area contributed by atoms with E-state index in [1.807, 2.05) is 0 Å². The molecule has 0 atom stereocenters. The molecular weight excluding hydrogens is 268 g/mol. The van der Waals surface area contributed by atoms with Gasteiger partial charge in [-0.25, -0.2) is 9.13 Å². The van der Waals surface area contributed by atoms with Crippen LogP contribution in [0.5, 0.6) is 0 Å². The van der Waals surface area contributed by atoms with Crippen LogP contribution in [-0.2, 0) is 9.13 Å². The van der Waals surface area contributed by atoms with Gasteiger partial charge in [0.15, 0.2) is 0 Å². The van der Waals surface area contributed by atoms with Crippen molar-refractivity contribution in [2.45, 2.75) is 0 Å². The molecule has 0 spiro atoms. The van der Waals surface area contributed by atoms with Crippen molar-refractivity contribution in [1.29, 1.82) is 0 Å². The van der Waals surface area contributed by atoms with E-state index in [4.69, 9.17) is 38.5 Å². The average molecular weight is 276 g/mol. The number of hydrogen-bond acceptors (Lipinski definition) is 2. The van der Waals surface area contributed by atoms with E-state index in [2.05, 4.69) is 0 Å². The molecule has 0 aliphatic heterocycles. The van der Waals surface area contributed by atoms with Gasteiger partial charge in [-0.2, -0.15) is 0 Å². The van der Waals surface area contributed by atoms with Gasteiger partial charge in [-0.15, -0.1) is 0 Å². The van der Waals surface area contributed by atoms with Gasteiger partial charge in [-0.3, -0.25) is 0 Å². The van der Waals surface area contributed by atoms with Gasteiger partial charge in [0.2, 0.25) is 0 Å². The molecule has 0 unspecified atom stereocenters. The molecule has 12 heavy (non-hydrogen) atoms. The summed E-state index contributed by atoms with van der Waals surface area (Å²) in [6, 6.07) is 0. The Morgan fingerprint density at radius 1 is 0.667 bits per heavy atom. The molecule has 8 nitrogen and oxygen atoms in total. The fourth-order valence-electron chi connectivity index (χ4n) is 0. The normalized spacial score (nSPS) is 9.83. The first-order valence-corrected chi connectivity index (χ1v) is 4.70. The zero-order valence-electron chi connectivity index (χ0n) is 8.39. The Kier molecular flexibility index (Phi) is 22.6. The van der Waals surface area contributed by atoms with E-state index < -0.39 is 15.6 Å². The van der Waals surface area contributed by atoms with E-state index in [9.17, 15) is 0 Å². The summed E-state index contributed by atoms with van der Waals surface area (Å²) in [5.41, 5.74) is 0. The summed E-state index contributed by atoms with van der Waals surface area (Å²) in [7, 11) is -9.28. The molecule has 0 aliphatic carbocycles. The molecule has 0 fully saturated rings. The fraction of sp³-hybridized carbons (Fsp3) is 0. The molecule has 12 heteroatoms. The predicted molar refractivity (Wildman–Crippen MR) is 30.7 cm³/mol. The van der Waals surface area contributed by atoms with Crippen LogP contribution in [-0.4, -0.2) is 29.4 Å². The Morgan fingerprint density at radius 3 is 0.667 bits per heavy atom. The van der Waals surface area contributed by atoms with Crippen LogP contribution in [0.2, 0.25) is 0 Å². The summed E-state index contributed by atoms with van der Waals surface area (Å²) in [5.74, 6) is 0. The quantitative estimate of drug-likeness (QED) is 0.188. The first-order valence-electron chi connectivity index (χ1n) is 1.57. The van der Waals surface area contributed by atoms with Crippen molar-refractivity contribution in [2.24, 2.45) is 0 Å². The Labute approximate surface area is 156 Å². The maximum atomic E-state index is 8.88. The molecule has 0 aromatic heterocycles. The van der Waals surface area contributed by atoms with Gasteiger partial charge in [0.25, 0.3) is 0 Å². The van der Waals surface area contributed by atoms with Gasteiger partial charge in [-0.1, -0.05) is 0 Å². The van der Waals surface area contributed by atoms with Crippen molar-refractivity contribution in [3.05, 3.63) is 0 Å². The van der Waals surface area contributed by atoms with Crippen LogP contribution in [0.15, 0.2) is 0 Å². The average Bonchev–Trinajstić information content (AvgIpc) is 1.12. The van der Waals surface area contributed by atoms with E-state index in [1.54, 1.807) is 0 Å². The zero-order valence-corrected chi connectivity index (χ0v) is 14.4. The summed E-state index contributed by atoms with van der Waals surface area (Å²) in [6.07, 6.45) is 0. The van der Waals surface area contributed by atoms with Gasteiger partial charge < -0.3 is 32.2 Å². The molecule has 0 heterocycles. The molecule has 0 saturated carbocycles. The van der Waals surface area contributed by atoms with Crippen molar-refractivity contribution in [2.75, 3.05) is 0 Å². The van der Waals surface area contributed by atoms with E-state index in [0.717, 1.165) is 0 Å². The van der Waals surface area contributed by atoms with Gasteiger partial charge >= 0.3 is 118 Å². The summed E-state index contributed by atoms with van der Waals surface area (Å²) in [5, 5.41) is 0. The molecule has 0 bridgehead atoms. The number of rotatable bonds is 0. The van der Waals surface area contributed by atoms with Gasteiger partial charge in [0.1, 0.15) is 0 Å². The second kappa shape index (κ2) is 11.0. The first kappa shape index (κ1) is 24.6. The molecule has 6 N–H and O–H groups in total. The fourth-order valence-corrected chi connectivity index (χ4v) is 0. The van der Waals surface area contributed by atoms with E-state index in [1.165, 1.54) is 0 Å². The monoisotopic (exact) mass is 276 g/mol. The summed E-state index contributed by atoms with van der Waals surface area (Å²) in [6.45, 7) is 0. The van der Waals surface area contributed by atoms with Crippen molar-refractivity contribution < 1.29 is 144 Å². The van der Waals surface area contributed by atoms with Crippen LogP contribution in [0.3, 0.4) is 0 Å². The zero-order chi connectivity index (χ0) is 9.00. The van der Waals surface area contributed by atoms with Gasteiger partial charge in [0.05, 0.1) is 0 Å². The van der Waals surface area contributed by atoms with Crippen LogP contribution in [0.4, 0.5) is 0 Å². The molecule has 0 aromatic carbocycles. The minimum Gasteiger partial charge on any atom is -1.00 e. The smallest absolute Gasteiger partial charge is 1.00 e.